The van der Waals surface area contributed by atoms with Gasteiger partial charge in [0.05, 0.1) is 4.99 Å². The molecule has 0 bridgehead atoms. The Balaban J connectivity index is 2.64. The van der Waals surface area contributed by atoms with E-state index in [4.69, 9.17) is 10.3 Å². The standard InChI is InChI=1S/C5H9N2O2S3/c6-5(10)4(12(8)9)3-1-11-2-7-3/h3,7H,1-2H2,(H2,6,10)(H,8,9). The number of hydrogen-bond acceptors (Lipinski definition) is 4. The normalized spacial score (nSPS) is 26.0. The molecule has 4 nitrogen and oxygen atoms in total. The Kier molecular flexibility index (Phi) is 3.91. The summed E-state index contributed by atoms with van der Waals surface area (Å²) < 4.78 is 19.6. The van der Waals surface area contributed by atoms with Crippen molar-refractivity contribution in [2.75, 3.05) is 11.6 Å². The van der Waals surface area contributed by atoms with Crippen molar-refractivity contribution in [1.29, 1.82) is 0 Å². The molecule has 7 heteroatoms. The van der Waals surface area contributed by atoms with E-state index in [9.17, 15) is 4.21 Å². The van der Waals surface area contributed by atoms with E-state index >= 15 is 0 Å². The lowest BCUT2D eigenvalue weighted by atomic mass is 10.2. The molecule has 69 valence electrons. The quantitative estimate of drug-likeness (QED) is 0.452. The van der Waals surface area contributed by atoms with Gasteiger partial charge in [-0.3, -0.25) is 0 Å². The lowest BCUT2D eigenvalue weighted by molar-refractivity contribution is 0.558. The zero-order chi connectivity index (χ0) is 9.14. The predicted octanol–water partition coefficient (Wildman–Crippen LogP) is -0.311. The van der Waals surface area contributed by atoms with Crippen LogP contribution in [-0.2, 0) is 11.1 Å². The number of thiocarbonyl (C=S) groups is 1. The van der Waals surface area contributed by atoms with Gasteiger partial charge in [-0.2, -0.15) is 0 Å². The van der Waals surface area contributed by atoms with Crippen LogP contribution in [0.5, 0.6) is 0 Å². The summed E-state index contributed by atoms with van der Waals surface area (Å²) in [6, 6.07) is -0.140. The van der Waals surface area contributed by atoms with Crippen molar-refractivity contribution in [3.8, 4) is 0 Å². The molecule has 2 atom stereocenters. The maximum Gasteiger partial charge on any atom is 0.170 e. The summed E-state index contributed by atoms with van der Waals surface area (Å²) in [5.41, 5.74) is 5.31. The molecule has 4 N–H and O–H groups in total. The SMILES string of the molecule is NC(=S)[C](C1CSCN1)S(=O)O. The summed E-state index contributed by atoms with van der Waals surface area (Å²) >= 11 is 4.27. The maximum absolute atomic E-state index is 10.8. The van der Waals surface area contributed by atoms with Crippen LogP contribution in [0, 0.1) is 5.25 Å². The van der Waals surface area contributed by atoms with Crippen molar-refractivity contribution in [3.05, 3.63) is 5.25 Å². The van der Waals surface area contributed by atoms with E-state index in [1.165, 1.54) is 0 Å². The van der Waals surface area contributed by atoms with Crippen LogP contribution in [0.4, 0.5) is 0 Å². The van der Waals surface area contributed by atoms with Crippen LogP contribution in [0.25, 0.3) is 0 Å². The molecule has 1 aliphatic heterocycles. The van der Waals surface area contributed by atoms with E-state index in [2.05, 4.69) is 17.5 Å². The van der Waals surface area contributed by atoms with Crippen molar-refractivity contribution in [3.63, 3.8) is 0 Å². The van der Waals surface area contributed by atoms with E-state index in [1.54, 1.807) is 11.8 Å². The van der Waals surface area contributed by atoms with Gasteiger partial charge in [0, 0.05) is 17.7 Å². The fourth-order valence-corrected chi connectivity index (χ4v) is 2.94. The lowest BCUT2D eigenvalue weighted by Crippen LogP contribution is -2.40. The van der Waals surface area contributed by atoms with E-state index in [0.717, 1.165) is 11.6 Å². The number of hydrogen-bond donors (Lipinski definition) is 3. The third-order valence-corrected chi connectivity index (χ3v) is 3.63. The van der Waals surface area contributed by atoms with Crippen LogP contribution in [0.1, 0.15) is 0 Å². The van der Waals surface area contributed by atoms with Crippen LogP contribution in [0.3, 0.4) is 0 Å². The zero-order valence-electron chi connectivity index (χ0n) is 6.15. The minimum Gasteiger partial charge on any atom is -0.392 e. The topological polar surface area (TPSA) is 75.3 Å². The van der Waals surface area contributed by atoms with Gasteiger partial charge in [0.2, 0.25) is 0 Å². The fourth-order valence-electron chi connectivity index (χ4n) is 0.943. The van der Waals surface area contributed by atoms with Crippen LogP contribution >= 0.6 is 24.0 Å². The van der Waals surface area contributed by atoms with Gasteiger partial charge in [0.15, 0.2) is 16.3 Å². The smallest absolute Gasteiger partial charge is 0.170 e. The molecule has 0 spiro atoms. The van der Waals surface area contributed by atoms with Crippen molar-refractivity contribution in [2.24, 2.45) is 5.73 Å². The summed E-state index contributed by atoms with van der Waals surface area (Å²) in [5.74, 6) is 1.52. The number of thioether (sulfide) groups is 1. The lowest BCUT2D eigenvalue weighted by Gasteiger charge is -2.16. The second-order valence-electron chi connectivity index (χ2n) is 2.25. The van der Waals surface area contributed by atoms with Gasteiger partial charge in [-0.1, -0.05) is 12.2 Å². The maximum atomic E-state index is 10.8. The molecular formula is C5H9N2O2S3. The van der Waals surface area contributed by atoms with Gasteiger partial charge in [-0.05, 0) is 0 Å². The van der Waals surface area contributed by atoms with Crippen molar-refractivity contribution in [2.45, 2.75) is 6.04 Å². The number of nitrogens with two attached hydrogens (primary N) is 1. The van der Waals surface area contributed by atoms with Gasteiger partial charge >= 0.3 is 0 Å². The monoisotopic (exact) mass is 225 g/mol. The number of rotatable bonds is 3. The molecule has 0 aliphatic carbocycles. The molecular weight excluding hydrogens is 216 g/mol. The molecule has 1 radical (unpaired) electrons. The minimum atomic E-state index is -2.05. The first-order chi connectivity index (χ1) is 5.63. The van der Waals surface area contributed by atoms with Gasteiger partial charge < -0.3 is 15.6 Å². The number of nitrogens with one attached hydrogen (secondary N) is 1. The van der Waals surface area contributed by atoms with Crippen molar-refractivity contribution in [1.82, 2.24) is 5.32 Å². The van der Waals surface area contributed by atoms with Crippen molar-refractivity contribution >= 4 is 40.0 Å². The Morgan fingerprint density at radius 3 is 2.83 bits per heavy atom. The highest BCUT2D eigenvalue weighted by Crippen LogP contribution is 2.20. The largest absolute Gasteiger partial charge is 0.392 e. The van der Waals surface area contributed by atoms with Gasteiger partial charge in [0.1, 0.15) is 0 Å². The highest BCUT2D eigenvalue weighted by atomic mass is 32.2. The third kappa shape index (κ3) is 2.40. The van der Waals surface area contributed by atoms with Gasteiger partial charge in [-0.25, -0.2) is 4.21 Å². The molecule has 0 saturated carbocycles. The molecule has 0 amide bonds. The van der Waals surface area contributed by atoms with E-state index in [-0.39, 0.29) is 16.3 Å². The van der Waals surface area contributed by atoms with Crippen molar-refractivity contribution < 1.29 is 8.76 Å². The molecule has 0 aromatic rings. The van der Waals surface area contributed by atoms with Crippen LogP contribution in [0.15, 0.2) is 0 Å². The highest BCUT2D eigenvalue weighted by Gasteiger charge is 2.32. The van der Waals surface area contributed by atoms with E-state index in [0.29, 0.717) is 0 Å². The van der Waals surface area contributed by atoms with E-state index < -0.39 is 11.1 Å². The molecule has 1 fully saturated rings. The first-order valence-electron chi connectivity index (χ1n) is 3.21. The summed E-state index contributed by atoms with van der Waals surface area (Å²) in [6.45, 7) is 0. The highest BCUT2D eigenvalue weighted by molar-refractivity contribution is 7.99. The molecule has 12 heavy (non-hydrogen) atoms. The van der Waals surface area contributed by atoms with E-state index in [1.807, 2.05) is 0 Å². The Bertz CT molecular complexity index is 191. The molecule has 1 heterocycles. The predicted molar refractivity (Wildman–Crippen MR) is 55.0 cm³/mol. The average molecular weight is 225 g/mol. The second kappa shape index (κ2) is 4.52. The molecule has 0 aromatic heterocycles. The summed E-state index contributed by atoms with van der Waals surface area (Å²) in [4.78, 5) is 0.0239. The average Bonchev–Trinajstić information content (AvgIpc) is 2.37. The third-order valence-electron chi connectivity index (χ3n) is 1.46. The summed E-state index contributed by atoms with van der Waals surface area (Å²) in [5, 5.41) is 3.26. The molecule has 1 aliphatic rings. The van der Waals surface area contributed by atoms with Crippen LogP contribution < -0.4 is 11.1 Å². The Labute approximate surface area is 82.9 Å². The van der Waals surface area contributed by atoms with Crippen LogP contribution in [-0.4, -0.2) is 31.4 Å². The molecule has 1 saturated heterocycles. The van der Waals surface area contributed by atoms with Gasteiger partial charge in [0.25, 0.3) is 0 Å². The summed E-state index contributed by atoms with van der Waals surface area (Å²) in [7, 11) is 0. The molecule has 0 aromatic carbocycles. The minimum absolute atomic E-state index is 0.0239. The van der Waals surface area contributed by atoms with Gasteiger partial charge in [-0.15, -0.1) is 11.8 Å². The first-order valence-corrected chi connectivity index (χ1v) is 5.88. The zero-order valence-corrected chi connectivity index (χ0v) is 8.60. The summed E-state index contributed by atoms with van der Waals surface area (Å²) in [6.07, 6.45) is 0. The van der Waals surface area contributed by atoms with Crippen LogP contribution in [0.2, 0.25) is 0 Å². The first kappa shape index (κ1) is 10.4. The molecule has 2 unspecified atom stereocenters. The fraction of sp³-hybridized carbons (Fsp3) is 0.600. The Morgan fingerprint density at radius 2 is 2.50 bits per heavy atom. The molecule has 1 rings (SSSR count). The Hall–Kier alpha value is 0.310. The Morgan fingerprint density at radius 1 is 1.83 bits per heavy atom. The second-order valence-corrected chi connectivity index (χ2v) is 4.66.